The van der Waals surface area contributed by atoms with Gasteiger partial charge in [-0.3, -0.25) is 0 Å². The van der Waals surface area contributed by atoms with Gasteiger partial charge in [-0.25, -0.2) is 4.98 Å². The van der Waals surface area contributed by atoms with E-state index in [0.717, 1.165) is 0 Å². The molecule has 0 aliphatic carbocycles. The predicted octanol–water partition coefficient (Wildman–Crippen LogP) is 3.40. The quantitative estimate of drug-likeness (QED) is 0.845. The minimum Gasteiger partial charge on any atom is -0.323 e. The van der Waals surface area contributed by atoms with Crippen molar-refractivity contribution in [2.45, 2.75) is 0 Å². The van der Waals surface area contributed by atoms with Crippen molar-refractivity contribution in [2.24, 2.45) is 0 Å². The fourth-order valence-corrected chi connectivity index (χ4v) is 1.44. The molecule has 0 atom stereocenters. The predicted molar refractivity (Wildman–Crippen MR) is 66.5 cm³/mol. The van der Waals surface area contributed by atoms with Gasteiger partial charge in [-0.05, 0) is 12.1 Å². The molecular weight excluding hydrogens is 259 g/mol. The number of aromatic nitrogens is 2. The number of rotatable bonds is 2. The molecule has 0 saturated carbocycles. The molecule has 84 valence electrons. The minimum atomic E-state index is 0.165. The van der Waals surface area contributed by atoms with Crippen LogP contribution in [-0.4, -0.2) is 9.97 Å². The maximum Gasteiger partial charge on any atom is 0.228 e. The Labute approximate surface area is 108 Å². The molecule has 2 rings (SSSR count). The third kappa shape index (κ3) is 2.64. The topological polar surface area (TPSA) is 61.6 Å². The lowest BCUT2D eigenvalue weighted by Gasteiger charge is -2.06. The van der Waals surface area contributed by atoms with Gasteiger partial charge in [0.15, 0.2) is 5.15 Å². The monoisotopic (exact) mass is 264 g/mol. The Bertz CT molecular complexity index is 592. The Morgan fingerprint density at radius 3 is 2.71 bits per heavy atom. The number of hydrogen-bond acceptors (Lipinski definition) is 4. The first kappa shape index (κ1) is 11.6. The van der Waals surface area contributed by atoms with Gasteiger partial charge >= 0.3 is 0 Å². The zero-order valence-corrected chi connectivity index (χ0v) is 10.00. The van der Waals surface area contributed by atoms with E-state index in [1.807, 2.05) is 0 Å². The summed E-state index contributed by atoms with van der Waals surface area (Å²) in [5.74, 6) is 0.294. The van der Waals surface area contributed by atoms with Crippen LogP contribution in [0.5, 0.6) is 0 Å². The lowest BCUT2D eigenvalue weighted by molar-refractivity contribution is 1.16. The molecule has 0 unspecified atom stereocenters. The first-order chi connectivity index (χ1) is 8.20. The fraction of sp³-hybridized carbons (Fsp3) is 0. The molecule has 6 heteroatoms. The molecule has 4 nitrogen and oxygen atoms in total. The summed E-state index contributed by atoms with van der Waals surface area (Å²) in [6.07, 6.45) is 1.40. The molecule has 1 heterocycles. The lowest BCUT2D eigenvalue weighted by atomic mass is 10.2. The van der Waals surface area contributed by atoms with Gasteiger partial charge in [-0.1, -0.05) is 35.3 Å². The summed E-state index contributed by atoms with van der Waals surface area (Å²) < 4.78 is 0. The number of benzene rings is 1. The Morgan fingerprint density at radius 2 is 2.00 bits per heavy atom. The van der Waals surface area contributed by atoms with Gasteiger partial charge < -0.3 is 5.32 Å². The standard InChI is InChI=1S/C11H6Cl2N4/c12-8-6-15-11(17-10(8)13)16-9-4-2-1-3-7(9)5-14/h1-4,6H,(H,15,16,17). The van der Waals surface area contributed by atoms with Crippen LogP contribution in [-0.2, 0) is 0 Å². The largest absolute Gasteiger partial charge is 0.323 e. The van der Waals surface area contributed by atoms with Crippen LogP contribution < -0.4 is 5.32 Å². The average Bonchev–Trinajstić information content (AvgIpc) is 2.34. The summed E-state index contributed by atoms with van der Waals surface area (Å²) in [6, 6.07) is 9.10. The highest BCUT2D eigenvalue weighted by molar-refractivity contribution is 6.41. The van der Waals surface area contributed by atoms with E-state index in [1.54, 1.807) is 24.3 Å². The number of nitrogens with zero attached hydrogens (tertiary/aromatic N) is 3. The second kappa shape index (κ2) is 5.00. The molecule has 0 aliphatic rings. The summed E-state index contributed by atoms with van der Waals surface area (Å²) in [7, 11) is 0. The number of anilines is 2. The van der Waals surface area contributed by atoms with Gasteiger partial charge in [-0.15, -0.1) is 0 Å². The van der Waals surface area contributed by atoms with Gasteiger partial charge in [0.05, 0.1) is 22.5 Å². The van der Waals surface area contributed by atoms with Crippen LogP contribution in [0, 0.1) is 11.3 Å². The van der Waals surface area contributed by atoms with E-state index < -0.39 is 0 Å². The molecule has 1 aromatic carbocycles. The molecule has 0 bridgehead atoms. The van der Waals surface area contributed by atoms with Crippen LogP contribution in [0.15, 0.2) is 30.5 Å². The second-order valence-corrected chi connectivity index (χ2v) is 3.88. The third-order valence-corrected chi connectivity index (χ3v) is 2.66. The van der Waals surface area contributed by atoms with Crippen molar-refractivity contribution in [3.63, 3.8) is 0 Å². The van der Waals surface area contributed by atoms with Crippen LogP contribution in [0.25, 0.3) is 0 Å². The van der Waals surface area contributed by atoms with E-state index in [4.69, 9.17) is 28.5 Å². The van der Waals surface area contributed by atoms with E-state index in [1.165, 1.54) is 6.20 Å². The number of nitriles is 1. The summed E-state index contributed by atoms with van der Waals surface area (Å²) in [5.41, 5.74) is 1.12. The van der Waals surface area contributed by atoms with Gasteiger partial charge in [0, 0.05) is 0 Å². The van der Waals surface area contributed by atoms with Crippen LogP contribution in [0.3, 0.4) is 0 Å². The summed E-state index contributed by atoms with van der Waals surface area (Å²) in [5, 5.41) is 12.3. The van der Waals surface area contributed by atoms with Gasteiger partial charge in [0.25, 0.3) is 0 Å². The normalized spacial score (nSPS) is 9.71. The Morgan fingerprint density at radius 1 is 1.24 bits per heavy atom. The smallest absolute Gasteiger partial charge is 0.228 e. The Balaban J connectivity index is 2.32. The Hall–Kier alpha value is -1.83. The molecule has 1 aromatic heterocycles. The van der Waals surface area contributed by atoms with Crippen molar-refractivity contribution in [3.05, 3.63) is 46.2 Å². The van der Waals surface area contributed by atoms with Crippen molar-refractivity contribution >= 4 is 34.8 Å². The van der Waals surface area contributed by atoms with Crippen LogP contribution >= 0.6 is 23.2 Å². The van der Waals surface area contributed by atoms with Gasteiger partial charge in [0.1, 0.15) is 6.07 Å². The van der Waals surface area contributed by atoms with Crippen molar-refractivity contribution in [1.29, 1.82) is 5.26 Å². The number of halogens is 2. The van der Waals surface area contributed by atoms with Crippen LogP contribution in [0.2, 0.25) is 10.2 Å². The minimum absolute atomic E-state index is 0.165. The zero-order valence-electron chi connectivity index (χ0n) is 8.48. The van der Waals surface area contributed by atoms with Gasteiger partial charge in [0.2, 0.25) is 5.95 Å². The highest BCUT2D eigenvalue weighted by Gasteiger charge is 2.05. The molecule has 0 spiro atoms. The molecular formula is C11H6Cl2N4. The van der Waals surface area contributed by atoms with Crippen molar-refractivity contribution in [3.8, 4) is 6.07 Å². The van der Waals surface area contributed by atoms with E-state index in [0.29, 0.717) is 17.2 Å². The number of hydrogen-bond donors (Lipinski definition) is 1. The van der Waals surface area contributed by atoms with E-state index in [9.17, 15) is 0 Å². The number of nitrogens with one attached hydrogen (secondary N) is 1. The summed E-state index contributed by atoms with van der Waals surface area (Å²) >= 11 is 11.5. The van der Waals surface area contributed by atoms with Crippen LogP contribution in [0.4, 0.5) is 11.6 Å². The lowest BCUT2D eigenvalue weighted by Crippen LogP contribution is -1.98. The molecule has 0 saturated heterocycles. The maximum absolute atomic E-state index is 8.92. The van der Waals surface area contributed by atoms with Crippen molar-refractivity contribution in [2.75, 3.05) is 5.32 Å². The summed E-state index contributed by atoms with van der Waals surface area (Å²) in [4.78, 5) is 7.91. The maximum atomic E-state index is 8.92. The summed E-state index contributed by atoms with van der Waals surface area (Å²) in [6.45, 7) is 0. The number of para-hydroxylation sites is 1. The Kier molecular flexibility index (Phi) is 3.43. The first-order valence-electron chi connectivity index (χ1n) is 4.65. The second-order valence-electron chi connectivity index (χ2n) is 3.11. The van der Waals surface area contributed by atoms with Crippen molar-refractivity contribution in [1.82, 2.24) is 9.97 Å². The third-order valence-electron chi connectivity index (χ3n) is 2.00. The van der Waals surface area contributed by atoms with Crippen molar-refractivity contribution < 1.29 is 0 Å². The fourth-order valence-electron chi connectivity index (χ4n) is 1.22. The molecule has 0 fully saturated rings. The molecule has 0 amide bonds. The molecule has 0 aliphatic heterocycles. The van der Waals surface area contributed by atoms with E-state index in [-0.39, 0.29) is 10.2 Å². The molecule has 1 N–H and O–H groups in total. The van der Waals surface area contributed by atoms with E-state index in [2.05, 4.69) is 21.4 Å². The SMILES string of the molecule is N#Cc1ccccc1Nc1ncc(Cl)c(Cl)n1. The van der Waals surface area contributed by atoms with Crippen LogP contribution in [0.1, 0.15) is 5.56 Å². The average molecular weight is 265 g/mol. The van der Waals surface area contributed by atoms with Gasteiger partial charge in [-0.2, -0.15) is 10.2 Å². The molecule has 17 heavy (non-hydrogen) atoms. The van der Waals surface area contributed by atoms with E-state index >= 15 is 0 Å². The first-order valence-corrected chi connectivity index (χ1v) is 5.40. The highest BCUT2D eigenvalue weighted by atomic mass is 35.5. The molecule has 2 aromatic rings. The molecule has 0 radical (unpaired) electrons. The highest BCUT2D eigenvalue weighted by Crippen LogP contribution is 2.22. The zero-order chi connectivity index (χ0) is 12.3.